The fraction of sp³-hybridized carbons (Fsp3) is 0.353. The molecular formula is C17H19ClN2O. The number of ether oxygens (including phenoxy) is 1. The van der Waals surface area contributed by atoms with Crippen LogP contribution in [0.2, 0.25) is 0 Å². The molecule has 0 aliphatic carbocycles. The number of hydrogen-bond acceptors (Lipinski definition) is 3. The van der Waals surface area contributed by atoms with E-state index in [0.717, 1.165) is 31.7 Å². The molecule has 4 heteroatoms. The van der Waals surface area contributed by atoms with E-state index in [1.807, 2.05) is 18.2 Å². The van der Waals surface area contributed by atoms with Gasteiger partial charge in [0.25, 0.3) is 0 Å². The number of nitrogens with zero attached hydrogens (tertiary/aromatic N) is 2. The Morgan fingerprint density at radius 2 is 2.00 bits per heavy atom. The molecule has 0 radical (unpaired) electrons. The predicted molar refractivity (Wildman–Crippen MR) is 84.5 cm³/mol. The van der Waals surface area contributed by atoms with Crippen molar-refractivity contribution in [1.29, 1.82) is 0 Å². The van der Waals surface area contributed by atoms with Gasteiger partial charge in [0.15, 0.2) is 0 Å². The van der Waals surface area contributed by atoms with E-state index in [1.54, 1.807) is 0 Å². The largest absolute Gasteiger partial charge is 0.473 e. The Labute approximate surface area is 130 Å². The minimum absolute atomic E-state index is 0.215. The highest BCUT2D eigenvalue weighted by Gasteiger charge is 2.24. The van der Waals surface area contributed by atoms with E-state index in [4.69, 9.17) is 16.3 Å². The fourth-order valence-corrected chi connectivity index (χ4v) is 2.80. The molecule has 110 valence electrons. The third-order valence-corrected chi connectivity index (χ3v) is 3.96. The SMILES string of the molecule is ClCc1cccc(OC2CCN(Cc3ccccc3)C2)n1. The van der Waals surface area contributed by atoms with Crippen molar-refractivity contribution in [1.82, 2.24) is 9.88 Å². The summed E-state index contributed by atoms with van der Waals surface area (Å²) in [6.07, 6.45) is 1.26. The lowest BCUT2D eigenvalue weighted by molar-refractivity contribution is 0.191. The first-order valence-corrected chi connectivity index (χ1v) is 7.82. The predicted octanol–water partition coefficient (Wildman–Crippen LogP) is 3.47. The normalized spacial score (nSPS) is 18.8. The lowest BCUT2D eigenvalue weighted by Gasteiger charge is -2.16. The molecule has 0 amide bonds. The smallest absolute Gasteiger partial charge is 0.213 e. The molecule has 1 saturated heterocycles. The van der Waals surface area contributed by atoms with Crippen LogP contribution in [-0.2, 0) is 12.4 Å². The van der Waals surface area contributed by atoms with Crippen molar-refractivity contribution in [3.63, 3.8) is 0 Å². The average molecular weight is 303 g/mol. The van der Waals surface area contributed by atoms with Crippen LogP contribution in [0.25, 0.3) is 0 Å². The molecule has 3 nitrogen and oxygen atoms in total. The Balaban J connectivity index is 1.54. The Kier molecular flexibility index (Phi) is 4.73. The number of alkyl halides is 1. The monoisotopic (exact) mass is 302 g/mol. The van der Waals surface area contributed by atoms with Crippen LogP contribution in [-0.4, -0.2) is 29.1 Å². The van der Waals surface area contributed by atoms with Gasteiger partial charge in [0.1, 0.15) is 6.10 Å². The highest BCUT2D eigenvalue weighted by atomic mass is 35.5. The summed E-state index contributed by atoms with van der Waals surface area (Å²) in [5, 5.41) is 0. The van der Waals surface area contributed by atoms with E-state index >= 15 is 0 Å². The van der Waals surface area contributed by atoms with Gasteiger partial charge in [-0.05, 0) is 18.1 Å². The van der Waals surface area contributed by atoms with Gasteiger partial charge in [0, 0.05) is 25.7 Å². The summed E-state index contributed by atoms with van der Waals surface area (Å²) < 4.78 is 5.97. The van der Waals surface area contributed by atoms with E-state index in [1.165, 1.54) is 5.56 Å². The number of aromatic nitrogens is 1. The zero-order valence-electron chi connectivity index (χ0n) is 11.9. The van der Waals surface area contributed by atoms with Gasteiger partial charge < -0.3 is 4.74 Å². The van der Waals surface area contributed by atoms with Crippen LogP contribution in [0.1, 0.15) is 17.7 Å². The molecule has 0 N–H and O–H groups in total. The van der Waals surface area contributed by atoms with E-state index in [0.29, 0.717) is 11.8 Å². The number of halogens is 1. The Morgan fingerprint density at radius 1 is 1.14 bits per heavy atom. The molecule has 1 aromatic heterocycles. The van der Waals surface area contributed by atoms with E-state index in [9.17, 15) is 0 Å². The minimum Gasteiger partial charge on any atom is -0.473 e. The Morgan fingerprint density at radius 3 is 2.81 bits per heavy atom. The summed E-state index contributed by atoms with van der Waals surface area (Å²) in [7, 11) is 0. The summed E-state index contributed by atoms with van der Waals surface area (Å²) in [6.45, 7) is 2.99. The van der Waals surface area contributed by atoms with Crippen LogP contribution < -0.4 is 4.74 Å². The summed E-state index contributed by atoms with van der Waals surface area (Å²) in [5.74, 6) is 1.10. The summed E-state index contributed by atoms with van der Waals surface area (Å²) in [4.78, 5) is 6.81. The van der Waals surface area contributed by atoms with Gasteiger partial charge in [0.05, 0.1) is 11.6 Å². The van der Waals surface area contributed by atoms with Gasteiger partial charge in [-0.2, -0.15) is 0 Å². The second-order valence-electron chi connectivity index (χ2n) is 5.35. The first-order chi connectivity index (χ1) is 10.3. The molecule has 1 unspecified atom stereocenters. The maximum atomic E-state index is 5.97. The second kappa shape index (κ2) is 6.92. The minimum atomic E-state index is 0.215. The summed E-state index contributed by atoms with van der Waals surface area (Å²) in [5.41, 5.74) is 2.20. The molecule has 3 rings (SSSR count). The third-order valence-electron chi connectivity index (χ3n) is 3.68. The molecule has 0 spiro atoms. The molecule has 1 aliphatic rings. The molecule has 1 atom stereocenters. The molecule has 0 saturated carbocycles. The first-order valence-electron chi connectivity index (χ1n) is 7.28. The van der Waals surface area contributed by atoms with Crippen molar-refractivity contribution >= 4 is 11.6 Å². The Bertz CT molecular complexity index is 576. The summed E-state index contributed by atoms with van der Waals surface area (Å²) >= 11 is 5.80. The number of pyridine rings is 1. The highest BCUT2D eigenvalue weighted by Crippen LogP contribution is 2.19. The van der Waals surface area contributed by atoms with Crippen molar-refractivity contribution in [3.8, 4) is 5.88 Å². The molecular weight excluding hydrogens is 284 g/mol. The Hall–Kier alpha value is -1.58. The number of hydrogen-bond donors (Lipinski definition) is 0. The number of benzene rings is 1. The first kappa shape index (κ1) is 14.4. The zero-order valence-corrected chi connectivity index (χ0v) is 12.7. The molecule has 1 fully saturated rings. The van der Waals surface area contributed by atoms with E-state index in [-0.39, 0.29) is 6.10 Å². The van der Waals surface area contributed by atoms with Crippen molar-refractivity contribution in [2.45, 2.75) is 24.9 Å². The zero-order chi connectivity index (χ0) is 14.5. The molecule has 2 heterocycles. The van der Waals surface area contributed by atoms with Gasteiger partial charge in [-0.3, -0.25) is 4.90 Å². The van der Waals surface area contributed by atoms with Gasteiger partial charge >= 0.3 is 0 Å². The van der Waals surface area contributed by atoms with Gasteiger partial charge in [-0.25, -0.2) is 4.98 Å². The summed E-state index contributed by atoms with van der Waals surface area (Å²) in [6, 6.07) is 16.3. The van der Waals surface area contributed by atoms with Crippen LogP contribution in [0.3, 0.4) is 0 Å². The molecule has 21 heavy (non-hydrogen) atoms. The van der Waals surface area contributed by atoms with Crippen molar-refractivity contribution in [2.75, 3.05) is 13.1 Å². The lowest BCUT2D eigenvalue weighted by atomic mass is 10.2. The van der Waals surface area contributed by atoms with Crippen molar-refractivity contribution in [2.24, 2.45) is 0 Å². The topological polar surface area (TPSA) is 25.4 Å². The van der Waals surface area contributed by atoms with Crippen molar-refractivity contribution in [3.05, 3.63) is 59.8 Å². The second-order valence-corrected chi connectivity index (χ2v) is 5.62. The number of likely N-dealkylation sites (tertiary alicyclic amines) is 1. The fourth-order valence-electron chi connectivity index (χ4n) is 2.65. The van der Waals surface area contributed by atoms with E-state index in [2.05, 4.69) is 40.2 Å². The third kappa shape index (κ3) is 3.96. The van der Waals surface area contributed by atoms with Gasteiger partial charge in [0.2, 0.25) is 5.88 Å². The van der Waals surface area contributed by atoms with Crippen LogP contribution in [0.15, 0.2) is 48.5 Å². The molecule has 2 aromatic rings. The molecule has 1 aliphatic heterocycles. The van der Waals surface area contributed by atoms with Crippen LogP contribution in [0, 0.1) is 0 Å². The van der Waals surface area contributed by atoms with E-state index < -0.39 is 0 Å². The lowest BCUT2D eigenvalue weighted by Crippen LogP contribution is -2.24. The average Bonchev–Trinajstić information content (AvgIpc) is 2.95. The maximum absolute atomic E-state index is 5.97. The molecule has 0 bridgehead atoms. The highest BCUT2D eigenvalue weighted by molar-refractivity contribution is 6.16. The van der Waals surface area contributed by atoms with Crippen LogP contribution in [0.5, 0.6) is 5.88 Å². The van der Waals surface area contributed by atoms with Gasteiger partial charge in [-0.15, -0.1) is 11.6 Å². The van der Waals surface area contributed by atoms with Crippen LogP contribution in [0.4, 0.5) is 0 Å². The van der Waals surface area contributed by atoms with Crippen LogP contribution >= 0.6 is 11.6 Å². The quantitative estimate of drug-likeness (QED) is 0.791. The molecule has 1 aromatic carbocycles. The van der Waals surface area contributed by atoms with Crippen molar-refractivity contribution < 1.29 is 4.74 Å². The standard InChI is InChI=1S/C17H19ClN2O/c18-11-15-7-4-8-17(19-15)21-16-9-10-20(13-16)12-14-5-2-1-3-6-14/h1-8,16H,9-13H2. The van der Waals surface area contributed by atoms with Gasteiger partial charge in [-0.1, -0.05) is 36.4 Å². The maximum Gasteiger partial charge on any atom is 0.213 e. The number of rotatable bonds is 5.